The summed E-state index contributed by atoms with van der Waals surface area (Å²) in [6.45, 7) is 5.65. The Labute approximate surface area is 98.5 Å². The third-order valence-electron chi connectivity index (χ3n) is 2.36. The molecule has 0 amide bonds. The smallest absolute Gasteiger partial charge is 0.119 e. The molecule has 2 nitrogen and oxygen atoms in total. The second kappa shape index (κ2) is 7.07. The molecule has 0 radical (unpaired) electrons. The van der Waals surface area contributed by atoms with E-state index < -0.39 is 0 Å². The van der Waals surface area contributed by atoms with Gasteiger partial charge in [0.05, 0.1) is 6.61 Å². The molecule has 0 aromatic heterocycles. The first-order valence-corrected chi connectivity index (χ1v) is 5.72. The van der Waals surface area contributed by atoms with Crippen molar-refractivity contribution in [1.29, 1.82) is 0 Å². The van der Waals surface area contributed by atoms with Crippen LogP contribution in [-0.2, 0) is 0 Å². The van der Waals surface area contributed by atoms with Gasteiger partial charge in [-0.15, -0.1) is 0 Å². The Morgan fingerprint density at radius 3 is 2.81 bits per heavy atom. The van der Waals surface area contributed by atoms with Crippen molar-refractivity contribution in [1.82, 2.24) is 4.90 Å². The molecule has 0 saturated carbocycles. The van der Waals surface area contributed by atoms with Crippen molar-refractivity contribution in [3.8, 4) is 5.75 Å². The second-order valence-corrected chi connectivity index (χ2v) is 4.14. The predicted molar refractivity (Wildman–Crippen MR) is 69.8 cm³/mol. The Morgan fingerprint density at radius 1 is 1.31 bits per heavy atom. The second-order valence-electron chi connectivity index (χ2n) is 4.14. The van der Waals surface area contributed by atoms with Crippen LogP contribution in [0.3, 0.4) is 0 Å². The van der Waals surface area contributed by atoms with Gasteiger partial charge in [-0.1, -0.05) is 24.8 Å². The molecule has 1 aromatic rings. The molecule has 2 heteroatoms. The normalized spacial score (nSPS) is 10.4. The first-order valence-electron chi connectivity index (χ1n) is 5.72. The molecule has 16 heavy (non-hydrogen) atoms. The van der Waals surface area contributed by atoms with Crippen molar-refractivity contribution < 1.29 is 4.74 Å². The Bertz CT molecular complexity index is 320. The van der Waals surface area contributed by atoms with E-state index in [2.05, 4.69) is 25.6 Å². The molecule has 0 fully saturated rings. The van der Waals surface area contributed by atoms with E-state index in [4.69, 9.17) is 4.74 Å². The van der Waals surface area contributed by atoms with Gasteiger partial charge in [0.25, 0.3) is 0 Å². The summed E-state index contributed by atoms with van der Waals surface area (Å²) in [6.07, 6.45) is 4.10. The summed E-state index contributed by atoms with van der Waals surface area (Å²) in [5.41, 5.74) is 1.10. The molecular formula is C14H21NO. The molecular weight excluding hydrogens is 198 g/mol. The van der Waals surface area contributed by atoms with Gasteiger partial charge in [0.1, 0.15) is 5.75 Å². The summed E-state index contributed by atoms with van der Waals surface area (Å²) < 4.78 is 5.66. The summed E-state index contributed by atoms with van der Waals surface area (Å²) >= 11 is 0. The van der Waals surface area contributed by atoms with Crippen LogP contribution in [0.1, 0.15) is 18.4 Å². The average Bonchev–Trinajstić information content (AvgIpc) is 2.28. The topological polar surface area (TPSA) is 12.5 Å². The lowest BCUT2D eigenvalue weighted by atomic mass is 10.2. The van der Waals surface area contributed by atoms with E-state index in [1.807, 2.05) is 30.3 Å². The highest BCUT2D eigenvalue weighted by atomic mass is 16.5. The third kappa shape index (κ3) is 4.99. The van der Waals surface area contributed by atoms with Crippen molar-refractivity contribution in [2.24, 2.45) is 0 Å². The largest absolute Gasteiger partial charge is 0.494 e. The maximum absolute atomic E-state index is 5.66. The number of ether oxygens (including phenoxy) is 1. The van der Waals surface area contributed by atoms with Crippen LogP contribution in [0.2, 0.25) is 0 Å². The Balaban J connectivity index is 2.23. The van der Waals surface area contributed by atoms with Gasteiger partial charge in [-0.2, -0.15) is 0 Å². The lowest BCUT2D eigenvalue weighted by Crippen LogP contribution is -2.13. The summed E-state index contributed by atoms with van der Waals surface area (Å²) in [4.78, 5) is 2.19. The molecule has 0 atom stereocenters. The SMILES string of the molecule is C=Cc1cccc(OCCCCN(C)C)c1. The molecule has 88 valence electrons. The summed E-state index contributed by atoms with van der Waals surface area (Å²) in [7, 11) is 4.18. The van der Waals surface area contributed by atoms with Gasteiger partial charge >= 0.3 is 0 Å². The molecule has 0 spiro atoms. The molecule has 0 aliphatic heterocycles. The fraction of sp³-hybridized carbons (Fsp3) is 0.429. The standard InChI is InChI=1S/C14H21NO/c1-4-13-8-7-9-14(12-13)16-11-6-5-10-15(2)3/h4,7-9,12H,1,5-6,10-11H2,2-3H3. The van der Waals surface area contributed by atoms with E-state index in [0.717, 1.165) is 30.9 Å². The minimum atomic E-state index is 0.786. The van der Waals surface area contributed by atoms with E-state index in [1.54, 1.807) is 0 Å². The van der Waals surface area contributed by atoms with E-state index in [9.17, 15) is 0 Å². The summed E-state index contributed by atoms with van der Waals surface area (Å²) in [5.74, 6) is 0.933. The Kier molecular flexibility index (Phi) is 5.65. The van der Waals surface area contributed by atoms with E-state index in [-0.39, 0.29) is 0 Å². The maximum Gasteiger partial charge on any atom is 0.119 e. The molecule has 0 saturated heterocycles. The molecule has 1 aromatic carbocycles. The third-order valence-corrected chi connectivity index (χ3v) is 2.36. The zero-order valence-electron chi connectivity index (χ0n) is 10.3. The van der Waals surface area contributed by atoms with Gasteiger partial charge in [-0.05, 0) is 51.2 Å². The fourth-order valence-electron chi connectivity index (χ4n) is 1.45. The summed E-state index contributed by atoms with van der Waals surface area (Å²) in [5, 5.41) is 0. The molecule has 0 unspecified atom stereocenters. The van der Waals surface area contributed by atoms with Gasteiger partial charge in [0.15, 0.2) is 0 Å². The predicted octanol–water partition coefficient (Wildman–Crippen LogP) is 3.05. The van der Waals surface area contributed by atoms with Gasteiger partial charge < -0.3 is 9.64 Å². The van der Waals surface area contributed by atoms with Crippen LogP contribution in [-0.4, -0.2) is 32.1 Å². The highest BCUT2D eigenvalue weighted by Crippen LogP contribution is 2.14. The lowest BCUT2D eigenvalue weighted by molar-refractivity contribution is 0.293. The first-order chi connectivity index (χ1) is 7.72. The van der Waals surface area contributed by atoms with Gasteiger partial charge in [0, 0.05) is 0 Å². The Morgan fingerprint density at radius 2 is 2.12 bits per heavy atom. The lowest BCUT2D eigenvalue weighted by Gasteiger charge is -2.10. The van der Waals surface area contributed by atoms with Crippen molar-refractivity contribution >= 4 is 6.08 Å². The summed E-state index contributed by atoms with van der Waals surface area (Å²) in [6, 6.07) is 8.01. The average molecular weight is 219 g/mol. The van der Waals surface area contributed by atoms with E-state index in [1.165, 1.54) is 6.42 Å². The van der Waals surface area contributed by atoms with Crippen LogP contribution in [0.5, 0.6) is 5.75 Å². The van der Waals surface area contributed by atoms with Crippen LogP contribution >= 0.6 is 0 Å². The van der Waals surface area contributed by atoms with Crippen molar-refractivity contribution in [3.63, 3.8) is 0 Å². The zero-order valence-corrected chi connectivity index (χ0v) is 10.3. The number of benzene rings is 1. The Hall–Kier alpha value is -1.28. The molecule has 0 bridgehead atoms. The monoisotopic (exact) mass is 219 g/mol. The number of hydrogen-bond acceptors (Lipinski definition) is 2. The van der Waals surface area contributed by atoms with Crippen LogP contribution in [0.15, 0.2) is 30.8 Å². The van der Waals surface area contributed by atoms with Crippen LogP contribution < -0.4 is 4.74 Å². The molecule has 1 rings (SSSR count). The van der Waals surface area contributed by atoms with Crippen LogP contribution in [0.25, 0.3) is 6.08 Å². The quantitative estimate of drug-likeness (QED) is 0.653. The molecule has 0 N–H and O–H groups in total. The zero-order chi connectivity index (χ0) is 11.8. The highest BCUT2D eigenvalue weighted by molar-refractivity contribution is 5.49. The number of nitrogens with zero attached hydrogens (tertiary/aromatic N) is 1. The number of rotatable bonds is 7. The minimum Gasteiger partial charge on any atom is -0.494 e. The molecule has 0 heterocycles. The minimum absolute atomic E-state index is 0.786. The van der Waals surface area contributed by atoms with Crippen LogP contribution in [0, 0.1) is 0 Å². The maximum atomic E-state index is 5.66. The van der Waals surface area contributed by atoms with E-state index in [0.29, 0.717) is 0 Å². The van der Waals surface area contributed by atoms with Gasteiger partial charge in [-0.3, -0.25) is 0 Å². The van der Waals surface area contributed by atoms with E-state index >= 15 is 0 Å². The first kappa shape index (κ1) is 12.8. The number of unbranched alkanes of at least 4 members (excludes halogenated alkanes) is 1. The van der Waals surface area contributed by atoms with Gasteiger partial charge in [-0.25, -0.2) is 0 Å². The highest BCUT2D eigenvalue weighted by Gasteiger charge is 1.95. The van der Waals surface area contributed by atoms with Gasteiger partial charge in [0.2, 0.25) is 0 Å². The fourth-order valence-corrected chi connectivity index (χ4v) is 1.45. The molecule has 0 aliphatic carbocycles. The van der Waals surface area contributed by atoms with Crippen molar-refractivity contribution in [3.05, 3.63) is 36.4 Å². The van der Waals surface area contributed by atoms with Crippen molar-refractivity contribution in [2.45, 2.75) is 12.8 Å². The number of hydrogen-bond donors (Lipinski definition) is 0. The van der Waals surface area contributed by atoms with Crippen molar-refractivity contribution in [2.75, 3.05) is 27.2 Å². The van der Waals surface area contributed by atoms with Crippen LogP contribution in [0.4, 0.5) is 0 Å². The molecule has 0 aliphatic rings.